The molecule has 3 rings (SSSR count). The van der Waals surface area contributed by atoms with Crippen LogP contribution in [0.25, 0.3) is 0 Å². The summed E-state index contributed by atoms with van der Waals surface area (Å²) in [6.45, 7) is 3.10. The standard InChI is InChI=1S/C17H21N3O4/c1-2-24-12-7-5-11(6-8-12)20-15(21)10-14(17(20)23)19-13-4-3-9-18-16(13)22/h5-8,13-14,19H,2-4,9-10H2,1H3,(H,18,22)/t13-,14-/m1/s1. The van der Waals surface area contributed by atoms with Crippen molar-refractivity contribution < 1.29 is 19.1 Å². The van der Waals surface area contributed by atoms with Crippen LogP contribution in [0.1, 0.15) is 26.2 Å². The molecule has 2 fully saturated rings. The topological polar surface area (TPSA) is 87.7 Å². The van der Waals surface area contributed by atoms with Crippen LogP contribution in [-0.4, -0.2) is 43.0 Å². The minimum atomic E-state index is -0.655. The molecule has 1 aromatic rings. The molecule has 0 aliphatic carbocycles. The number of imide groups is 1. The second kappa shape index (κ2) is 7.00. The average molecular weight is 331 g/mol. The Hall–Kier alpha value is -2.41. The fourth-order valence-corrected chi connectivity index (χ4v) is 3.07. The van der Waals surface area contributed by atoms with Crippen molar-refractivity contribution in [3.8, 4) is 5.75 Å². The molecule has 2 N–H and O–H groups in total. The van der Waals surface area contributed by atoms with Crippen LogP contribution in [0.3, 0.4) is 0 Å². The largest absolute Gasteiger partial charge is 0.494 e. The van der Waals surface area contributed by atoms with Gasteiger partial charge in [-0.15, -0.1) is 0 Å². The van der Waals surface area contributed by atoms with Gasteiger partial charge in [-0.25, -0.2) is 4.90 Å². The van der Waals surface area contributed by atoms with Crippen LogP contribution in [-0.2, 0) is 14.4 Å². The van der Waals surface area contributed by atoms with Gasteiger partial charge in [-0.3, -0.25) is 19.7 Å². The number of anilines is 1. The number of carbonyl (C=O) groups is 3. The van der Waals surface area contributed by atoms with Crippen LogP contribution >= 0.6 is 0 Å². The number of nitrogens with one attached hydrogen (secondary N) is 2. The maximum absolute atomic E-state index is 12.6. The second-order valence-electron chi connectivity index (χ2n) is 5.90. The molecule has 3 amide bonds. The monoisotopic (exact) mass is 331 g/mol. The lowest BCUT2D eigenvalue weighted by Gasteiger charge is -2.25. The number of amides is 3. The van der Waals surface area contributed by atoms with E-state index >= 15 is 0 Å². The minimum absolute atomic E-state index is 0.0653. The van der Waals surface area contributed by atoms with Crippen molar-refractivity contribution in [1.29, 1.82) is 0 Å². The second-order valence-corrected chi connectivity index (χ2v) is 5.90. The van der Waals surface area contributed by atoms with Crippen LogP contribution in [0, 0.1) is 0 Å². The Balaban J connectivity index is 1.70. The third-order valence-electron chi connectivity index (χ3n) is 4.24. The maximum Gasteiger partial charge on any atom is 0.251 e. The lowest BCUT2D eigenvalue weighted by atomic mass is 10.1. The quantitative estimate of drug-likeness (QED) is 0.771. The number of ether oxygens (including phenoxy) is 1. The van der Waals surface area contributed by atoms with E-state index in [0.717, 1.165) is 6.42 Å². The van der Waals surface area contributed by atoms with E-state index in [9.17, 15) is 14.4 Å². The fraction of sp³-hybridized carbons (Fsp3) is 0.471. The molecule has 0 unspecified atom stereocenters. The zero-order valence-electron chi connectivity index (χ0n) is 13.6. The molecule has 24 heavy (non-hydrogen) atoms. The fourth-order valence-electron chi connectivity index (χ4n) is 3.07. The van der Waals surface area contributed by atoms with Gasteiger partial charge in [-0.1, -0.05) is 0 Å². The molecular formula is C17H21N3O4. The van der Waals surface area contributed by atoms with Crippen LogP contribution in [0.2, 0.25) is 0 Å². The molecule has 0 aromatic heterocycles. The van der Waals surface area contributed by atoms with Crippen molar-refractivity contribution >= 4 is 23.4 Å². The Morgan fingerprint density at radius 2 is 1.96 bits per heavy atom. The first-order valence-electron chi connectivity index (χ1n) is 8.23. The molecule has 0 saturated carbocycles. The molecule has 2 atom stereocenters. The Kier molecular flexibility index (Phi) is 4.80. The Morgan fingerprint density at radius 3 is 2.62 bits per heavy atom. The van der Waals surface area contributed by atoms with Gasteiger partial charge in [0.1, 0.15) is 5.75 Å². The van der Waals surface area contributed by atoms with Crippen molar-refractivity contribution in [1.82, 2.24) is 10.6 Å². The highest BCUT2D eigenvalue weighted by Crippen LogP contribution is 2.25. The molecule has 2 aliphatic rings. The van der Waals surface area contributed by atoms with Gasteiger partial charge in [0.2, 0.25) is 11.8 Å². The van der Waals surface area contributed by atoms with Crippen molar-refractivity contribution in [3.05, 3.63) is 24.3 Å². The van der Waals surface area contributed by atoms with Crippen LogP contribution < -0.4 is 20.3 Å². The van der Waals surface area contributed by atoms with E-state index in [1.54, 1.807) is 24.3 Å². The first kappa shape index (κ1) is 16.4. The van der Waals surface area contributed by atoms with Gasteiger partial charge < -0.3 is 10.1 Å². The van der Waals surface area contributed by atoms with E-state index < -0.39 is 12.1 Å². The van der Waals surface area contributed by atoms with Crippen molar-refractivity contribution in [2.45, 2.75) is 38.3 Å². The zero-order valence-corrected chi connectivity index (χ0v) is 13.6. The minimum Gasteiger partial charge on any atom is -0.494 e. The number of benzene rings is 1. The highest BCUT2D eigenvalue weighted by Gasteiger charge is 2.41. The predicted octanol–water partition coefficient (Wildman–Crippen LogP) is 0.585. The lowest BCUT2D eigenvalue weighted by Crippen LogP contribution is -2.53. The van der Waals surface area contributed by atoms with E-state index in [2.05, 4.69) is 10.6 Å². The summed E-state index contributed by atoms with van der Waals surface area (Å²) in [5, 5.41) is 5.80. The summed E-state index contributed by atoms with van der Waals surface area (Å²) in [6, 6.07) is 5.77. The third-order valence-corrected chi connectivity index (χ3v) is 4.24. The number of hydrogen-bond donors (Lipinski definition) is 2. The van der Waals surface area contributed by atoms with Gasteiger partial charge in [0, 0.05) is 6.54 Å². The molecule has 7 heteroatoms. The predicted molar refractivity (Wildman–Crippen MR) is 87.7 cm³/mol. The number of nitrogens with zero attached hydrogens (tertiary/aromatic N) is 1. The summed E-state index contributed by atoms with van der Waals surface area (Å²) in [5.41, 5.74) is 0.519. The van der Waals surface area contributed by atoms with E-state index in [0.29, 0.717) is 31.0 Å². The van der Waals surface area contributed by atoms with E-state index in [1.807, 2.05) is 6.92 Å². The summed E-state index contributed by atoms with van der Waals surface area (Å²) in [4.78, 5) is 37.8. The number of rotatable bonds is 5. The molecule has 7 nitrogen and oxygen atoms in total. The summed E-state index contributed by atoms with van der Waals surface area (Å²) in [5.74, 6) is -0.00433. The van der Waals surface area contributed by atoms with Gasteiger partial charge in [-0.2, -0.15) is 0 Å². The molecule has 2 saturated heterocycles. The average Bonchev–Trinajstić information content (AvgIpc) is 2.85. The first-order chi connectivity index (χ1) is 11.6. The molecule has 128 valence electrons. The smallest absolute Gasteiger partial charge is 0.251 e. The highest BCUT2D eigenvalue weighted by atomic mass is 16.5. The Morgan fingerprint density at radius 1 is 1.21 bits per heavy atom. The number of carbonyl (C=O) groups excluding carboxylic acids is 3. The number of piperidine rings is 1. The van der Waals surface area contributed by atoms with Gasteiger partial charge in [0.25, 0.3) is 5.91 Å². The molecule has 2 aliphatic heterocycles. The van der Waals surface area contributed by atoms with Gasteiger partial charge in [0.15, 0.2) is 0 Å². The molecule has 2 heterocycles. The van der Waals surface area contributed by atoms with Crippen molar-refractivity contribution in [2.24, 2.45) is 0 Å². The Bertz CT molecular complexity index is 644. The van der Waals surface area contributed by atoms with E-state index in [4.69, 9.17) is 4.74 Å². The van der Waals surface area contributed by atoms with Gasteiger partial charge >= 0.3 is 0 Å². The zero-order chi connectivity index (χ0) is 17.1. The SMILES string of the molecule is CCOc1ccc(N2C(=O)C[C@@H](N[C@@H]3CCCNC3=O)C2=O)cc1. The van der Waals surface area contributed by atoms with E-state index in [1.165, 1.54) is 4.90 Å². The molecular weight excluding hydrogens is 310 g/mol. The van der Waals surface area contributed by atoms with Gasteiger partial charge in [0.05, 0.1) is 30.8 Å². The van der Waals surface area contributed by atoms with Crippen molar-refractivity contribution in [3.63, 3.8) is 0 Å². The third kappa shape index (κ3) is 3.26. The molecule has 0 bridgehead atoms. The summed E-state index contributed by atoms with van der Waals surface area (Å²) in [7, 11) is 0. The summed E-state index contributed by atoms with van der Waals surface area (Å²) in [6.07, 6.45) is 1.60. The van der Waals surface area contributed by atoms with Gasteiger partial charge in [-0.05, 0) is 44.0 Å². The van der Waals surface area contributed by atoms with Crippen LogP contribution in [0.5, 0.6) is 5.75 Å². The van der Waals surface area contributed by atoms with Crippen molar-refractivity contribution in [2.75, 3.05) is 18.1 Å². The molecule has 0 spiro atoms. The molecule has 1 aromatic carbocycles. The maximum atomic E-state index is 12.6. The summed E-state index contributed by atoms with van der Waals surface area (Å²) >= 11 is 0. The summed E-state index contributed by atoms with van der Waals surface area (Å²) < 4.78 is 5.37. The highest BCUT2D eigenvalue weighted by molar-refractivity contribution is 6.22. The van der Waals surface area contributed by atoms with Crippen LogP contribution in [0.4, 0.5) is 5.69 Å². The Labute approximate surface area is 140 Å². The normalized spacial score (nSPS) is 24.2. The van der Waals surface area contributed by atoms with Crippen LogP contribution in [0.15, 0.2) is 24.3 Å². The van der Waals surface area contributed by atoms with E-state index in [-0.39, 0.29) is 24.1 Å². The molecule has 0 radical (unpaired) electrons. The lowest BCUT2D eigenvalue weighted by molar-refractivity contribution is -0.125. The first-order valence-corrected chi connectivity index (χ1v) is 8.23. The number of hydrogen-bond acceptors (Lipinski definition) is 5.